The zero-order valence-corrected chi connectivity index (χ0v) is 12.9. The number of hydrogen-bond acceptors (Lipinski definition) is 2. The molecule has 2 rings (SSSR count). The van der Waals surface area contributed by atoms with Gasteiger partial charge < -0.3 is 9.84 Å². The van der Waals surface area contributed by atoms with E-state index in [-0.39, 0.29) is 0 Å². The number of halogens is 2. The largest absolute Gasteiger partial charge is 0.488 e. The summed E-state index contributed by atoms with van der Waals surface area (Å²) in [5.74, 6) is 0.654. The molecule has 0 aliphatic heterocycles. The van der Waals surface area contributed by atoms with Crippen LogP contribution in [0, 0.1) is 6.92 Å². The van der Waals surface area contributed by atoms with Crippen molar-refractivity contribution in [2.24, 2.45) is 0 Å². The van der Waals surface area contributed by atoms with Gasteiger partial charge in [-0.1, -0.05) is 47.0 Å². The van der Waals surface area contributed by atoms with Gasteiger partial charge in [-0.3, -0.25) is 0 Å². The molecule has 0 radical (unpaired) electrons. The van der Waals surface area contributed by atoms with E-state index in [1.807, 2.05) is 37.3 Å². The molecule has 0 fully saturated rings. The maximum atomic E-state index is 9.80. The summed E-state index contributed by atoms with van der Waals surface area (Å²) in [6, 6.07) is 11.2. The van der Waals surface area contributed by atoms with Gasteiger partial charge in [0.05, 0.1) is 16.1 Å². The van der Waals surface area contributed by atoms with Gasteiger partial charge in [0.25, 0.3) is 0 Å². The van der Waals surface area contributed by atoms with Crippen molar-refractivity contribution in [2.45, 2.75) is 26.6 Å². The molecular weight excluding hydrogens is 295 g/mol. The van der Waals surface area contributed by atoms with Crippen LogP contribution in [0.5, 0.6) is 5.75 Å². The predicted octanol–water partition coefficient (Wildman–Crippen LogP) is 4.93. The van der Waals surface area contributed by atoms with Crippen molar-refractivity contribution in [2.75, 3.05) is 0 Å². The van der Waals surface area contributed by atoms with Crippen LogP contribution in [0.4, 0.5) is 0 Å². The number of aliphatic hydroxyl groups is 1. The van der Waals surface area contributed by atoms with Crippen molar-refractivity contribution in [3.8, 4) is 5.75 Å². The third kappa shape index (κ3) is 3.45. The van der Waals surface area contributed by atoms with E-state index < -0.39 is 6.10 Å². The Bertz CT molecular complexity index is 609. The van der Waals surface area contributed by atoms with E-state index >= 15 is 0 Å². The predicted molar refractivity (Wildman–Crippen MR) is 82.6 cm³/mol. The van der Waals surface area contributed by atoms with Gasteiger partial charge in [0.15, 0.2) is 0 Å². The first-order valence-corrected chi connectivity index (χ1v) is 7.09. The molecule has 0 saturated heterocycles. The Morgan fingerprint density at radius 2 is 1.95 bits per heavy atom. The normalized spacial score (nSPS) is 12.2. The molecule has 2 aromatic rings. The van der Waals surface area contributed by atoms with Crippen molar-refractivity contribution in [3.63, 3.8) is 0 Å². The van der Waals surface area contributed by atoms with Gasteiger partial charge in [-0.2, -0.15) is 0 Å². The first-order valence-electron chi connectivity index (χ1n) is 6.33. The Morgan fingerprint density at radius 3 is 2.65 bits per heavy atom. The van der Waals surface area contributed by atoms with Crippen LogP contribution in [0.3, 0.4) is 0 Å². The van der Waals surface area contributed by atoms with Gasteiger partial charge in [0.2, 0.25) is 0 Å². The minimum absolute atomic E-state index is 0.308. The van der Waals surface area contributed by atoms with E-state index in [0.29, 0.717) is 22.4 Å². The highest BCUT2D eigenvalue weighted by atomic mass is 35.5. The fourth-order valence-corrected chi connectivity index (χ4v) is 2.32. The molecule has 0 unspecified atom stereocenters. The van der Waals surface area contributed by atoms with Crippen LogP contribution in [0.1, 0.15) is 29.7 Å². The first-order chi connectivity index (χ1) is 9.49. The molecule has 0 saturated carbocycles. The third-order valence-corrected chi connectivity index (χ3v) is 3.89. The minimum Gasteiger partial charge on any atom is -0.488 e. The minimum atomic E-state index is -0.584. The van der Waals surface area contributed by atoms with E-state index in [1.54, 1.807) is 13.0 Å². The van der Waals surface area contributed by atoms with Crippen LogP contribution in [0.2, 0.25) is 10.0 Å². The summed E-state index contributed by atoms with van der Waals surface area (Å²) in [6.45, 7) is 4.00. The highest BCUT2D eigenvalue weighted by Gasteiger charge is 2.11. The van der Waals surface area contributed by atoms with Gasteiger partial charge in [-0.25, -0.2) is 0 Å². The van der Waals surface area contributed by atoms with E-state index in [9.17, 15) is 5.11 Å². The fraction of sp³-hybridized carbons (Fsp3) is 0.250. The van der Waals surface area contributed by atoms with Gasteiger partial charge >= 0.3 is 0 Å². The van der Waals surface area contributed by atoms with Crippen LogP contribution in [0.15, 0.2) is 36.4 Å². The average Bonchev–Trinajstić information content (AvgIpc) is 2.41. The van der Waals surface area contributed by atoms with Gasteiger partial charge in [-0.05, 0) is 32.0 Å². The number of rotatable bonds is 4. The van der Waals surface area contributed by atoms with Crippen molar-refractivity contribution in [1.29, 1.82) is 0 Å². The zero-order chi connectivity index (χ0) is 14.7. The Kier molecular flexibility index (Phi) is 4.92. The third-order valence-electron chi connectivity index (χ3n) is 3.03. The smallest absolute Gasteiger partial charge is 0.125 e. The number of ether oxygens (including phenoxy) is 1. The summed E-state index contributed by atoms with van der Waals surface area (Å²) < 4.78 is 5.77. The SMILES string of the molecule is Cc1ccc(OCc2cccc(Cl)c2Cl)c([C@H](C)O)c1. The Labute approximate surface area is 128 Å². The second-order valence-corrected chi connectivity index (χ2v) is 5.50. The van der Waals surface area contributed by atoms with Crippen molar-refractivity contribution < 1.29 is 9.84 Å². The molecule has 20 heavy (non-hydrogen) atoms. The molecule has 0 aliphatic rings. The summed E-state index contributed by atoms with van der Waals surface area (Å²) in [4.78, 5) is 0. The summed E-state index contributed by atoms with van der Waals surface area (Å²) >= 11 is 12.1. The lowest BCUT2D eigenvalue weighted by Gasteiger charge is -2.15. The fourth-order valence-electron chi connectivity index (χ4n) is 1.94. The molecule has 2 nitrogen and oxygen atoms in total. The Hall–Kier alpha value is -1.22. The quantitative estimate of drug-likeness (QED) is 0.867. The average molecular weight is 311 g/mol. The Morgan fingerprint density at radius 1 is 1.20 bits per heavy atom. The lowest BCUT2D eigenvalue weighted by atomic mass is 10.1. The second kappa shape index (κ2) is 6.49. The molecule has 0 aromatic heterocycles. The summed E-state index contributed by atoms with van der Waals surface area (Å²) in [6.07, 6.45) is -0.584. The molecule has 0 spiro atoms. The highest BCUT2D eigenvalue weighted by Crippen LogP contribution is 2.29. The van der Waals surface area contributed by atoms with E-state index in [0.717, 1.165) is 16.7 Å². The monoisotopic (exact) mass is 310 g/mol. The lowest BCUT2D eigenvalue weighted by molar-refractivity contribution is 0.190. The topological polar surface area (TPSA) is 29.5 Å². The Balaban J connectivity index is 2.21. The molecule has 4 heteroatoms. The lowest BCUT2D eigenvalue weighted by Crippen LogP contribution is -2.02. The van der Waals surface area contributed by atoms with E-state index in [1.165, 1.54) is 0 Å². The van der Waals surface area contributed by atoms with Crippen LogP contribution in [0.25, 0.3) is 0 Å². The molecule has 1 atom stereocenters. The second-order valence-electron chi connectivity index (χ2n) is 4.72. The van der Waals surface area contributed by atoms with Crippen LogP contribution in [-0.4, -0.2) is 5.11 Å². The highest BCUT2D eigenvalue weighted by molar-refractivity contribution is 6.42. The zero-order valence-electron chi connectivity index (χ0n) is 11.4. The molecule has 2 aromatic carbocycles. The first kappa shape index (κ1) is 15.2. The maximum absolute atomic E-state index is 9.80. The number of benzene rings is 2. The van der Waals surface area contributed by atoms with Crippen LogP contribution in [-0.2, 0) is 6.61 Å². The molecule has 0 aliphatic carbocycles. The molecule has 0 heterocycles. The maximum Gasteiger partial charge on any atom is 0.125 e. The number of hydrogen-bond donors (Lipinski definition) is 1. The van der Waals surface area contributed by atoms with Crippen molar-refractivity contribution in [3.05, 3.63) is 63.1 Å². The molecule has 0 amide bonds. The van der Waals surface area contributed by atoms with Gasteiger partial charge in [0, 0.05) is 11.1 Å². The number of aliphatic hydroxyl groups excluding tert-OH is 1. The molecule has 1 N–H and O–H groups in total. The van der Waals surface area contributed by atoms with Crippen LogP contribution >= 0.6 is 23.2 Å². The van der Waals surface area contributed by atoms with E-state index in [4.69, 9.17) is 27.9 Å². The summed E-state index contributed by atoms with van der Waals surface area (Å²) in [5.41, 5.74) is 2.66. The summed E-state index contributed by atoms with van der Waals surface area (Å²) in [7, 11) is 0. The van der Waals surface area contributed by atoms with Crippen molar-refractivity contribution >= 4 is 23.2 Å². The van der Waals surface area contributed by atoms with Crippen LogP contribution < -0.4 is 4.74 Å². The van der Waals surface area contributed by atoms with Gasteiger partial charge in [0.1, 0.15) is 12.4 Å². The standard InChI is InChI=1S/C16H16Cl2O2/c1-10-6-7-15(13(8-10)11(2)19)20-9-12-4-3-5-14(17)16(12)18/h3-8,11,19H,9H2,1-2H3/t11-/m0/s1. The molecule has 0 bridgehead atoms. The van der Waals surface area contributed by atoms with Gasteiger partial charge in [-0.15, -0.1) is 0 Å². The molecule has 106 valence electrons. The van der Waals surface area contributed by atoms with E-state index in [2.05, 4.69) is 0 Å². The molecular formula is C16H16Cl2O2. The summed E-state index contributed by atoms with van der Waals surface area (Å²) in [5, 5.41) is 10.8. The van der Waals surface area contributed by atoms with Crippen molar-refractivity contribution in [1.82, 2.24) is 0 Å². The number of aryl methyl sites for hydroxylation is 1.